The first-order chi connectivity index (χ1) is 14.7. The van der Waals surface area contributed by atoms with E-state index < -0.39 is 0 Å². The maximum Gasteiger partial charge on any atom is 0.191 e. The summed E-state index contributed by atoms with van der Waals surface area (Å²) in [5.74, 6) is 1.86. The molecule has 1 unspecified atom stereocenters. The predicted molar refractivity (Wildman–Crippen MR) is 121 cm³/mol. The molecule has 2 N–H and O–H groups in total. The number of hydrogen-bond donors (Lipinski definition) is 2. The van der Waals surface area contributed by atoms with Crippen LogP contribution in [0.1, 0.15) is 18.1 Å². The molecule has 4 rings (SSSR count). The van der Waals surface area contributed by atoms with Crippen LogP contribution in [-0.2, 0) is 17.7 Å². The largest absolute Gasteiger partial charge is 0.490 e. The maximum atomic E-state index is 5.81. The van der Waals surface area contributed by atoms with E-state index in [1.54, 1.807) is 0 Å². The fraction of sp³-hybridized carbons (Fsp3) is 0.458. The SMILES string of the molecule is CN=C(NCCN1CCOCC1)NCc1ccc(-c2ccc3c(c2)CC(C)O3)cc1. The van der Waals surface area contributed by atoms with Crippen LogP contribution < -0.4 is 15.4 Å². The van der Waals surface area contributed by atoms with Crippen molar-refractivity contribution < 1.29 is 9.47 Å². The molecular formula is C24H32N4O2. The lowest BCUT2D eigenvalue weighted by Gasteiger charge is -2.26. The number of morpholine rings is 1. The Morgan fingerprint density at radius 1 is 1.07 bits per heavy atom. The molecule has 0 saturated carbocycles. The highest BCUT2D eigenvalue weighted by Crippen LogP contribution is 2.32. The smallest absolute Gasteiger partial charge is 0.191 e. The number of benzene rings is 2. The average molecular weight is 409 g/mol. The molecule has 1 atom stereocenters. The predicted octanol–water partition coefficient (Wildman–Crippen LogP) is 2.67. The maximum absolute atomic E-state index is 5.81. The van der Waals surface area contributed by atoms with Crippen molar-refractivity contribution in [1.82, 2.24) is 15.5 Å². The fourth-order valence-electron chi connectivity index (χ4n) is 3.98. The van der Waals surface area contributed by atoms with Crippen LogP contribution in [-0.4, -0.2) is 63.4 Å². The van der Waals surface area contributed by atoms with E-state index in [-0.39, 0.29) is 6.10 Å². The van der Waals surface area contributed by atoms with E-state index in [1.807, 2.05) is 7.05 Å². The monoisotopic (exact) mass is 408 g/mol. The van der Waals surface area contributed by atoms with Crippen molar-refractivity contribution >= 4 is 5.96 Å². The van der Waals surface area contributed by atoms with Gasteiger partial charge in [0.2, 0.25) is 0 Å². The van der Waals surface area contributed by atoms with Gasteiger partial charge in [-0.3, -0.25) is 9.89 Å². The van der Waals surface area contributed by atoms with Crippen LogP contribution in [0.3, 0.4) is 0 Å². The Kier molecular flexibility index (Phi) is 6.87. The zero-order chi connectivity index (χ0) is 20.8. The van der Waals surface area contributed by atoms with Crippen molar-refractivity contribution in [2.45, 2.75) is 26.0 Å². The second kappa shape index (κ2) is 9.96. The van der Waals surface area contributed by atoms with Crippen LogP contribution in [0.15, 0.2) is 47.5 Å². The molecule has 0 bridgehead atoms. The molecule has 30 heavy (non-hydrogen) atoms. The molecule has 0 radical (unpaired) electrons. The lowest BCUT2D eigenvalue weighted by Crippen LogP contribution is -2.44. The van der Waals surface area contributed by atoms with Gasteiger partial charge in [-0.15, -0.1) is 0 Å². The number of nitrogens with one attached hydrogen (secondary N) is 2. The van der Waals surface area contributed by atoms with Crippen LogP contribution in [0, 0.1) is 0 Å². The standard InChI is InChI=1S/C24H32N4O2/c1-18-15-22-16-21(7-8-23(22)30-18)20-5-3-19(4-6-20)17-27-24(25-2)26-9-10-28-11-13-29-14-12-28/h3-8,16,18H,9-15,17H2,1-2H3,(H2,25,26,27). The van der Waals surface area contributed by atoms with Crippen LogP contribution in [0.4, 0.5) is 0 Å². The minimum atomic E-state index is 0.278. The highest BCUT2D eigenvalue weighted by Gasteiger charge is 2.19. The van der Waals surface area contributed by atoms with E-state index in [4.69, 9.17) is 9.47 Å². The summed E-state index contributed by atoms with van der Waals surface area (Å²) >= 11 is 0. The molecule has 2 aliphatic rings. The average Bonchev–Trinajstić information content (AvgIpc) is 3.16. The van der Waals surface area contributed by atoms with E-state index in [9.17, 15) is 0 Å². The van der Waals surface area contributed by atoms with Gasteiger partial charge in [-0.2, -0.15) is 0 Å². The quantitative estimate of drug-likeness (QED) is 0.569. The highest BCUT2D eigenvalue weighted by atomic mass is 16.5. The number of rotatable bonds is 6. The number of hydrogen-bond acceptors (Lipinski definition) is 4. The number of nitrogens with zero attached hydrogens (tertiary/aromatic N) is 2. The Hall–Kier alpha value is -2.57. The van der Waals surface area contributed by atoms with E-state index in [0.717, 1.165) is 64.1 Å². The first kappa shape index (κ1) is 20.7. The van der Waals surface area contributed by atoms with Crippen LogP contribution in [0.5, 0.6) is 5.75 Å². The van der Waals surface area contributed by atoms with E-state index in [0.29, 0.717) is 0 Å². The van der Waals surface area contributed by atoms with Gasteiger partial charge in [0.25, 0.3) is 0 Å². The first-order valence-electron chi connectivity index (χ1n) is 10.8. The lowest BCUT2D eigenvalue weighted by atomic mass is 10.00. The second-order valence-electron chi connectivity index (χ2n) is 7.96. The first-order valence-corrected chi connectivity index (χ1v) is 10.8. The van der Waals surface area contributed by atoms with Gasteiger partial charge in [0.1, 0.15) is 11.9 Å². The molecule has 2 aliphatic heterocycles. The van der Waals surface area contributed by atoms with Crippen LogP contribution in [0.25, 0.3) is 11.1 Å². The third-order valence-electron chi connectivity index (χ3n) is 5.69. The molecule has 2 aromatic rings. The summed E-state index contributed by atoms with van der Waals surface area (Å²) in [6, 6.07) is 15.2. The van der Waals surface area contributed by atoms with Gasteiger partial charge in [-0.1, -0.05) is 30.3 Å². The van der Waals surface area contributed by atoms with Gasteiger partial charge in [-0.25, -0.2) is 0 Å². The Morgan fingerprint density at radius 2 is 1.83 bits per heavy atom. The van der Waals surface area contributed by atoms with Crippen LogP contribution >= 0.6 is 0 Å². The zero-order valence-corrected chi connectivity index (χ0v) is 18.0. The van der Waals surface area contributed by atoms with Gasteiger partial charge in [0.05, 0.1) is 13.2 Å². The summed E-state index contributed by atoms with van der Waals surface area (Å²) < 4.78 is 11.2. The summed E-state index contributed by atoms with van der Waals surface area (Å²) in [6.45, 7) is 8.43. The molecule has 160 valence electrons. The van der Waals surface area contributed by atoms with Gasteiger partial charge < -0.3 is 20.1 Å². The Labute approximate surface area is 179 Å². The molecule has 0 amide bonds. The van der Waals surface area contributed by atoms with Crippen molar-refractivity contribution in [3.05, 3.63) is 53.6 Å². The zero-order valence-electron chi connectivity index (χ0n) is 18.0. The van der Waals surface area contributed by atoms with Gasteiger partial charge in [0, 0.05) is 46.2 Å². The van der Waals surface area contributed by atoms with Crippen molar-refractivity contribution in [1.29, 1.82) is 0 Å². The summed E-state index contributed by atoms with van der Waals surface area (Å²) in [5, 5.41) is 6.80. The van der Waals surface area contributed by atoms with Gasteiger partial charge in [-0.05, 0) is 41.3 Å². The van der Waals surface area contributed by atoms with E-state index in [1.165, 1.54) is 22.3 Å². The summed E-state index contributed by atoms with van der Waals surface area (Å²) in [5.41, 5.74) is 5.01. The number of fused-ring (bicyclic) bond motifs is 1. The van der Waals surface area contributed by atoms with Crippen molar-refractivity contribution in [3.8, 4) is 16.9 Å². The molecule has 0 aliphatic carbocycles. The molecule has 1 saturated heterocycles. The molecule has 2 aromatic carbocycles. The van der Waals surface area contributed by atoms with Crippen molar-refractivity contribution in [2.75, 3.05) is 46.4 Å². The third-order valence-corrected chi connectivity index (χ3v) is 5.69. The molecule has 0 aromatic heterocycles. The minimum absolute atomic E-state index is 0.278. The normalized spacial score (nSPS) is 19.3. The summed E-state index contributed by atoms with van der Waals surface area (Å²) in [4.78, 5) is 6.74. The van der Waals surface area contributed by atoms with Crippen molar-refractivity contribution in [3.63, 3.8) is 0 Å². The second-order valence-corrected chi connectivity index (χ2v) is 7.96. The number of aliphatic imine (C=N–C) groups is 1. The minimum Gasteiger partial charge on any atom is -0.490 e. The summed E-state index contributed by atoms with van der Waals surface area (Å²) in [7, 11) is 1.81. The molecule has 6 nitrogen and oxygen atoms in total. The molecule has 0 spiro atoms. The van der Waals surface area contributed by atoms with Gasteiger partial charge in [0.15, 0.2) is 5.96 Å². The van der Waals surface area contributed by atoms with E-state index in [2.05, 4.69) is 69.9 Å². The Bertz CT molecular complexity index is 860. The summed E-state index contributed by atoms with van der Waals surface area (Å²) in [6.07, 6.45) is 1.27. The Morgan fingerprint density at radius 3 is 2.60 bits per heavy atom. The highest BCUT2D eigenvalue weighted by molar-refractivity contribution is 5.79. The molecule has 1 fully saturated rings. The number of ether oxygens (including phenoxy) is 2. The number of guanidine groups is 1. The van der Waals surface area contributed by atoms with Gasteiger partial charge >= 0.3 is 0 Å². The van der Waals surface area contributed by atoms with E-state index >= 15 is 0 Å². The molecular weight excluding hydrogens is 376 g/mol. The molecule has 6 heteroatoms. The lowest BCUT2D eigenvalue weighted by molar-refractivity contribution is 0.0389. The van der Waals surface area contributed by atoms with Crippen molar-refractivity contribution in [2.24, 2.45) is 4.99 Å². The fourth-order valence-corrected chi connectivity index (χ4v) is 3.98. The third kappa shape index (κ3) is 5.32. The Balaban J connectivity index is 1.26. The molecule has 2 heterocycles. The topological polar surface area (TPSA) is 58.1 Å². The van der Waals surface area contributed by atoms with Crippen LogP contribution in [0.2, 0.25) is 0 Å².